The second-order valence-electron chi connectivity index (χ2n) is 3.94. The molecule has 0 amide bonds. The van der Waals surface area contributed by atoms with Crippen LogP contribution in [0.2, 0.25) is 0 Å². The summed E-state index contributed by atoms with van der Waals surface area (Å²) in [6.45, 7) is 0. The van der Waals surface area contributed by atoms with E-state index in [1.165, 1.54) is 0 Å². The summed E-state index contributed by atoms with van der Waals surface area (Å²) < 4.78 is 0. The Bertz CT molecular complexity index is 694. The maximum atomic E-state index is 8.92. The van der Waals surface area contributed by atoms with E-state index in [0.717, 1.165) is 5.69 Å². The summed E-state index contributed by atoms with van der Waals surface area (Å²) in [6, 6.07) is 14.6. The smallest absolute Gasteiger partial charge is 0.165 e. The molecule has 2 aromatic rings. The van der Waals surface area contributed by atoms with Gasteiger partial charge in [0.15, 0.2) is 5.69 Å². The Labute approximate surface area is 111 Å². The normalized spacial score (nSPS) is 9.42. The van der Waals surface area contributed by atoms with Gasteiger partial charge < -0.3 is 10.6 Å². The number of hydrogen-bond donors (Lipinski definition) is 1. The van der Waals surface area contributed by atoms with E-state index in [4.69, 9.17) is 16.3 Å². The number of pyridine rings is 1. The maximum absolute atomic E-state index is 8.92. The van der Waals surface area contributed by atoms with Gasteiger partial charge in [-0.05, 0) is 30.3 Å². The van der Waals surface area contributed by atoms with Crippen molar-refractivity contribution in [1.29, 1.82) is 10.5 Å². The fraction of sp³-hybridized carbons (Fsp3) is 0.0714. The molecular formula is C14H11N5. The average molecular weight is 249 g/mol. The number of nitriles is 2. The van der Waals surface area contributed by atoms with E-state index in [1.54, 1.807) is 35.2 Å². The van der Waals surface area contributed by atoms with Crippen LogP contribution in [0.1, 0.15) is 11.3 Å². The molecule has 0 aliphatic carbocycles. The maximum Gasteiger partial charge on any atom is 0.165 e. The highest BCUT2D eigenvalue weighted by Gasteiger charge is 2.08. The van der Waals surface area contributed by atoms with Crippen LogP contribution in [0.3, 0.4) is 0 Å². The van der Waals surface area contributed by atoms with E-state index < -0.39 is 0 Å². The summed E-state index contributed by atoms with van der Waals surface area (Å²) in [5, 5.41) is 17.8. The summed E-state index contributed by atoms with van der Waals surface area (Å²) in [5.41, 5.74) is 7.57. The van der Waals surface area contributed by atoms with Crippen molar-refractivity contribution in [2.24, 2.45) is 0 Å². The van der Waals surface area contributed by atoms with Gasteiger partial charge in [-0.2, -0.15) is 10.5 Å². The molecule has 0 spiro atoms. The van der Waals surface area contributed by atoms with E-state index >= 15 is 0 Å². The first-order chi connectivity index (χ1) is 9.15. The van der Waals surface area contributed by atoms with E-state index in [-0.39, 0.29) is 5.69 Å². The Kier molecular flexibility index (Phi) is 3.31. The summed E-state index contributed by atoms with van der Waals surface area (Å²) in [6.07, 6.45) is 0. The van der Waals surface area contributed by atoms with Crippen molar-refractivity contribution in [1.82, 2.24) is 4.98 Å². The molecule has 0 aliphatic heterocycles. The highest BCUT2D eigenvalue weighted by atomic mass is 15.2. The molecule has 0 atom stereocenters. The highest BCUT2D eigenvalue weighted by Crippen LogP contribution is 2.24. The molecule has 0 aliphatic rings. The fourth-order valence-electron chi connectivity index (χ4n) is 1.65. The van der Waals surface area contributed by atoms with Crippen molar-refractivity contribution < 1.29 is 0 Å². The van der Waals surface area contributed by atoms with Gasteiger partial charge in [0.2, 0.25) is 0 Å². The fourth-order valence-corrected chi connectivity index (χ4v) is 1.65. The van der Waals surface area contributed by atoms with Gasteiger partial charge in [0.1, 0.15) is 11.9 Å². The van der Waals surface area contributed by atoms with Crippen LogP contribution in [0.15, 0.2) is 36.4 Å². The minimum Gasteiger partial charge on any atom is -0.396 e. The Balaban J connectivity index is 2.42. The molecule has 92 valence electrons. The van der Waals surface area contributed by atoms with Crippen molar-refractivity contribution >= 4 is 17.2 Å². The zero-order valence-electron chi connectivity index (χ0n) is 10.3. The predicted molar refractivity (Wildman–Crippen MR) is 72.6 cm³/mol. The molecule has 5 heteroatoms. The van der Waals surface area contributed by atoms with Gasteiger partial charge in [0, 0.05) is 12.7 Å². The number of nitrogen functional groups attached to an aromatic ring is 1. The average Bonchev–Trinajstić information content (AvgIpc) is 2.47. The Morgan fingerprint density at radius 3 is 2.63 bits per heavy atom. The van der Waals surface area contributed by atoms with Crippen LogP contribution in [-0.4, -0.2) is 12.0 Å². The molecule has 1 aromatic carbocycles. The molecule has 19 heavy (non-hydrogen) atoms. The highest BCUT2D eigenvalue weighted by molar-refractivity contribution is 5.64. The first-order valence-corrected chi connectivity index (χ1v) is 5.56. The molecule has 1 heterocycles. The summed E-state index contributed by atoms with van der Waals surface area (Å²) >= 11 is 0. The van der Waals surface area contributed by atoms with Gasteiger partial charge in [-0.1, -0.05) is 6.07 Å². The Morgan fingerprint density at radius 2 is 1.95 bits per heavy atom. The SMILES string of the molecule is CN(c1cccc(C#N)c1)c1ccc(N)c(C#N)n1. The van der Waals surface area contributed by atoms with Crippen molar-refractivity contribution in [3.05, 3.63) is 47.7 Å². The predicted octanol–water partition coefficient (Wildman–Crippen LogP) is 2.18. The molecule has 0 unspecified atom stereocenters. The van der Waals surface area contributed by atoms with Crippen LogP contribution in [0.5, 0.6) is 0 Å². The van der Waals surface area contributed by atoms with Crippen LogP contribution in [0, 0.1) is 22.7 Å². The van der Waals surface area contributed by atoms with E-state index in [2.05, 4.69) is 11.1 Å². The molecular weight excluding hydrogens is 238 g/mol. The van der Waals surface area contributed by atoms with Crippen LogP contribution >= 0.6 is 0 Å². The quantitative estimate of drug-likeness (QED) is 0.880. The number of aromatic nitrogens is 1. The Hall–Kier alpha value is -3.05. The van der Waals surface area contributed by atoms with E-state index in [9.17, 15) is 0 Å². The number of anilines is 3. The second kappa shape index (κ2) is 5.07. The van der Waals surface area contributed by atoms with Crippen LogP contribution < -0.4 is 10.6 Å². The van der Waals surface area contributed by atoms with Crippen molar-refractivity contribution in [3.8, 4) is 12.1 Å². The minimum absolute atomic E-state index is 0.195. The number of nitrogens with zero attached hydrogens (tertiary/aromatic N) is 4. The molecule has 5 nitrogen and oxygen atoms in total. The van der Waals surface area contributed by atoms with Gasteiger partial charge in [-0.25, -0.2) is 4.98 Å². The third-order valence-electron chi connectivity index (χ3n) is 2.72. The number of hydrogen-bond acceptors (Lipinski definition) is 5. The molecule has 2 N–H and O–H groups in total. The molecule has 0 saturated heterocycles. The lowest BCUT2D eigenvalue weighted by Crippen LogP contribution is -2.12. The molecule has 0 bridgehead atoms. The molecule has 0 fully saturated rings. The lowest BCUT2D eigenvalue weighted by Gasteiger charge is -2.18. The molecule has 2 rings (SSSR count). The summed E-state index contributed by atoms with van der Waals surface area (Å²) in [7, 11) is 1.82. The number of benzene rings is 1. The lowest BCUT2D eigenvalue weighted by atomic mass is 10.2. The van der Waals surface area contributed by atoms with Gasteiger partial charge >= 0.3 is 0 Å². The van der Waals surface area contributed by atoms with Gasteiger partial charge in [0.05, 0.1) is 17.3 Å². The number of rotatable bonds is 2. The van der Waals surface area contributed by atoms with E-state index in [1.807, 2.05) is 19.2 Å². The van der Waals surface area contributed by atoms with Crippen molar-refractivity contribution in [3.63, 3.8) is 0 Å². The van der Waals surface area contributed by atoms with Crippen LogP contribution in [-0.2, 0) is 0 Å². The topological polar surface area (TPSA) is 89.7 Å². The first-order valence-electron chi connectivity index (χ1n) is 5.56. The lowest BCUT2D eigenvalue weighted by molar-refractivity contribution is 1.11. The largest absolute Gasteiger partial charge is 0.396 e. The minimum atomic E-state index is 0.195. The summed E-state index contributed by atoms with van der Waals surface area (Å²) in [5.74, 6) is 0.598. The zero-order valence-corrected chi connectivity index (χ0v) is 10.3. The third-order valence-corrected chi connectivity index (χ3v) is 2.72. The summed E-state index contributed by atoms with van der Waals surface area (Å²) in [4.78, 5) is 5.97. The zero-order chi connectivity index (χ0) is 13.8. The second-order valence-corrected chi connectivity index (χ2v) is 3.94. The number of nitrogens with two attached hydrogens (primary N) is 1. The van der Waals surface area contributed by atoms with E-state index in [0.29, 0.717) is 17.1 Å². The standard InChI is InChI=1S/C14H11N5/c1-19(11-4-2-3-10(7-11)8-15)14-6-5-12(17)13(9-16)18-14/h2-7H,17H2,1H3. The molecule has 0 radical (unpaired) electrons. The van der Waals surface area contributed by atoms with Crippen molar-refractivity contribution in [2.45, 2.75) is 0 Å². The Morgan fingerprint density at radius 1 is 1.16 bits per heavy atom. The first kappa shape index (κ1) is 12.4. The van der Waals surface area contributed by atoms with Gasteiger partial charge in [-0.15, -0.1) is 0 Å². The molecule has 0 saturated carbocycles. The van der Waals surface area contributed by atoms with Crippen LogP contribution in [0.25, 0.3) is 0 Å². The van der Waals surface area contributed by atoms with Gasteiger partial charge in [0.25, 0.3) is 0 Å². The molecule has 1 aromatic heterocycles. The van der Waals surface area contributed by atoms with Gasteiger partial charge in [-0.3, -0.25) is 0 Å². The van der Waals surface area contributed by atoms with Crippen molar-refractivity contribution in [2.75, 3.05) is 17.7 Å². The monoisotopic (exact) mass is 249 g/mol. The third kappa shape index (κ3) is 2.46. The van der Waals surface area contributed by atoms with Crippen LogP contribution in [0.4, 0.5) is 17.2 Å².